The number of carbonyl (C=O) groups is 2. The first kappa shape index (κ1) is 25.6. The Morgan fingerprint density at radius 3 is 2.70 bits per heavy atom. The van der Waals surface area contributed by atoms with Crippen LogP contribution in [0, 0.1) is 11.3 Å². The molecule has 3 N–H and O–H groups in total. The fourth-order valence-corrected chi connectivity index (χ4v) is 3.96. The minimum Gasteiger partial charge on any atom is -0.487 e. The van der Waals surface area contributed by atoms with E-state index in [-0.39, 0.29) is 24.0 Å². The van der Waals surface area contributed by atoms with E-state index in [1.54, 1.807) is 59.6 Å². The van der Waals surface area contributed by atoms with Crippen LogP contribution in [0.1, 0.15) is 36.2 Å². The van der Waals surface area contributed by atoms with Crippen LogP contribution >= 0.6 is 0 Å². The van der Waals surface area contributed by atoms with E-state index in [1.807, 2.05) is 13.8 Å². The minimum atomic E-state index is -0.528. The summed E-state index contributed by atoms with van der Waals surface area (Å²) in [4.78, 5) is 34.3. The van der Waals surface area contributed by atoms with Gasteiger partial charge in [-0.2, -0.15) is 5.26 Å². The molecule has 10 nitrogen and oxygen atoms in total. The largest absolute Gasteiger partial charge is 0.487 e. The summed E-state index contributed by atoms with van der Waals surface area (Å²) in [5.41, 5.74) is 2.31. The Morgan fingerprint density at radius 2 is 2.00 bits per heavy atom. The first-order valence-corrected chi connectivity index (χ1v) is 12.0. The number of aliphatic hydroxyl groups is 1. The molecule has 37 heavy (non-hydrogen) atoms. The predicted molar refractivity (Wildman–Crippen MR) is 137 cm³/mol. The molecule has 2 amide bonds. The SMILES string of the molecule is CC(C)NC(=O)c1ccc(Nc2ccnc(-c3ccc(O[C@@H]4CCN(C(=O)CO)C4)c(C#N)c3)n2)cc1. The monoisotopic (exact) mass is 500 g/mol. The van der Waals surface area contributed by atoms with E-state index >= 15 is 0 Å². The highest BCUT2D eigenvalue weighted by Crippen LogP contribution is 2.28. The molecular weight excluding hydrogens is 472 g/mol. The van der Waals surface area contributed by atoms with Crippen molar-refractivity contribution in [1.82, 2.24) is 20.2 Å². The quantitative estimate of drug-likeness (QED) is 0.429. The van der Waals surface area contributed by atoms with Crippen molar-refractivity contribution in [2.45, 2.75) is 32.4 Å². The number of nitrogens with zero attached hydrogens (tertiary/aromatic N) is 4. The van der Waals surface area contributed by atoms with Crippen molar-refractivity contribution in [3.05, 3.63) is 65.9 Å². The number of nitrogens with one attached hydrogen (secondary N) is 2. The van der Waals surface area contributed by atoms with Gasteiger partial charge in [0.15, 0.2) is 5.82 Å². The van der Waals surface area contributed by atoms with Gasteiger partial charge in [-0.3, -0.25) is 9.59 Å². The van der Waals surface area contributed by atoms with E-state index < -0.39 is 6.61 Å². The van der Waals surface area contributed by atoms with E-state index in [0.29, 0.717) is 53.6 Å². The lowest BCUT2D eigenvalue weighted by molar-refractivity contribution is -0.133. The van der Waals surface area contributed by atoms with Crippen molar-refractivity contribution in [2.24, 2.45) is 0 Å². The summed E-state index contributed by atoms with van der Waals surface area (Å²) >= 11 is 0. The molecule has 1 aromatic heterocycles. The number of aromatic nitrogens is 2. The second-order valence-electron chi connectivity index (χ2n) is 8.95. The Bertz CT molecular complexity index is 1320. The van der Waals surface area contributed by atoms with Crippen molar-refractivity contribution >= 4 is 23.3 Å². The number of hydrogen-bond acceptors (Lipinski definition) is 8. The molecule has 1 atom stereocenters. The summed E-state index contributed by atoms with van der Waals surface area (Å²) in [5.74, 6) is 0.950. The molecular formula is C27H28N6O4. The number of amides is 2. The molecule has 1 saturated heterocycles. The zero-order valence-electron chi connectivity index (χ0n) is 20.6. The van der Waals surface area contributed by atoms with E-state index in [9.17, 15) is 14.9 Å². The molecule has 10 heteroatoms. The number of nitriles is 1. The van der Waals surface area contributed by atoms with Crippen LogP contribution in [0.25, 0.3) is 11.4 Å². The summed E-state index contributed by atoms with van der Waals surface area (Å²) in [5, 5.41) is 24.8. The molecule has 1 fully saturated rings. The third-order valence-electron chi connectivity index (χ3n) is 5.78. The number of carbonyl (C=O) groups excluding carboxylic acids is 2. The summed E-state index contributed by atoms with van der Waals surface area (Å²) < 4.78 is 5.98. The van der Waals surface area contributed by atoms with Crippen LogP contribution in [0.15, 0.2) is 54.7 Å². The van der Waals surface area contributed by atoms with Gasteiger partial charge in [0.05, 0.1) is 12.1 Å². The maximum atomic E-state index is 12.1. The molecule has 0 saturated carbocycles. The van der Waals surface area contributed by atoms with Gasteiger partial charge in [-0.25, -0.2) is 9.97 Å². The van der Waals surface area contributed by atoms with Crippen LogP contribution in [-0.2, 0) is 4.79 Å². The zero-order chi connectivity index (χ0) is 26.4. The topological polar surface area (TPSA) is 140 Å². The number of ether oxygens (including phenoxy) is 1. The second kappa shape index (κ2) is 11.5. The molecule has 0 bridgehead atoms. The van der Waals surface area contributed by atoms with Gasteiger partial charge >= 0.3 is 0 Å². The van der Waals surface area contributed by atoms with Crippen LogP contribution in [0.5, 0.6) is 5.75 Å². The van der Waals surface area contributed by atoms with E-state index in [2.05, 4.69) is 26.7 Å². The number of hydrogen-bond donors (Lipinski definition) is 3. The van der Waals surface area contributed by atoms with Gasteiger partial charge in [-0.05, 0) is 62.4 Å². The fourth-order valence-electron chi connectivity index (χ4n) is 3.96. The zero-order valence-corrected chi connectivity index (χ0v) is 20.6. The van der Waals surface area contributed by atoms with Crippen molar-refractivity contribution in [1.29, 1.82) is 5.26 Å². The summed E-state index contributed by atoms with van der Waals surface area (Å²) in [6.07, 6.45) is 2.00. The van der Waals surface area contributed by atoms with Gasteiger partial charge in [0.2, 0.25) is 5.91 Å². The highest BCUT2D eigenvalue weighted by molar-refractivity contribution is 5.94. The number of aliphatic hydroxyl groups excluding tert-OH is 1. The van der Waals surface area contributed by atoms with Gasteiger partial charge < -0.3 is 25.4 Å². The average Bonchev–Trinajstić information content (AvgIpc) is 3.37. The predicted octanol–water partition coefficient (Wildman–Crippen LogP) is 2.87. The molecule has 2 aromatic carbocycles. The third-order valence-corrected chi connectivity index (χ3v) is 5.78. The van der Waals surface area contributed by atoms with Crippen LogP contribution in [0.2, 0.25) is 0 Å². The Balaban J connectivity index is 1.45. The van der Waals surface area contributed by atoms with Crippen molar-refractivity contribution < 1.29 is 19.4 Å². The minimum absolute atomic E-state index is 0.0579. The van der Waals surface area contributed by atoms with E-state index in [1.165, 1.54) is 0 Å². The highest BCUT2D eigenvalue weighted by Gasteiger charge is 2.27. The van der Waals surface area contributed by atoms with Gasteiger partial charge in [0, 0.05) is 42.0 Å². The lowest BCUT2D eigenvalue weighted by atomic mass is 10.1. The molecule has 4 rings (SSSR count). The van der Waals surface area contributed by atoms with Gasteiger partial charge in [-0.15, -0.1) is 0 Å². The van der Waals surface area contributed by atoms with Gasteiger partial charge in [-0.1, -0.05) is 0 Å². The third kappa shape index (κ3) is 6.39. The Kier molecular flexibility index (Phi) is 7.95. The first-order chi connectivity index (χ1) is 17.9. The number of likely N-dealkylation sites (tertiary alicyclic amines) is 1. The molecule has 190 valence electrons. The standard InChI is InChI=1S/C27H28N6O4/c1-17(2)30-27(36)18-3-6-21(7-4-18)31-24-9-11-29-26(32-24)19-5-8-23(20(13-19)14-28)37-22-10-12-33(15-22)25(35)16-34/h3-9,11,13,17,22,34H,10,12,15-16H2,1-2H3,(H,30,36)(H,29,31,32)/t22-/m1/s1. The van der Waals surface area contributed by atoms with Crippen LogP contribution < -0.4 is 15.4 Å². The highest BCUT2D eigenvalue weighted by atomic mass is 16.5. The average molecular weight is 501 g/mol. The Morgan fingerprint density at radius 1 is 1.22 bits per heavy atom. The maximum absolute atomic E-state index is 12.1. The van der Waals surface area contributed by atoms with Crippen molar-refractivity contribution in [2.75, 3.05) is 25.0 Å². The molecule has 0 unspecified atom stereocenters. The normalized spacial score (nSPS) is 14.8. The number of anilines is 2. The summed E-state index contributed by atoms with van der Waals surface area (Å²) in [6, 6.07) is 16.2. The molecule has 1 aliphatic rings. The molecule has 0 spiro atoms. The lowest BCUT2D eigenvalue weighted by Gasteiger charge is -2.17. The molecule has 2 heterocycles. The van der Waals surface area contributed by atoms with Crippen LogP contribution in [0.4, 0.5) is 11.5 Å². The van der Waals surface area contributed by atoms with E-state index in [4.69, 9.17) is 9.84 Å². The number of benzene rings is 2. The first-order valence-electron chi connectivity index (χ1n) is 12.0. The smallest absolute Gasteiger partial charge is 0.251 e. The Hall–Kier alpha value is -4.49. The molecule has 1 aliphatic heterocycles. The van der Waals surface area contributed by atoms with Gasteiger partial charge in [0.1, 0.15) is 30.3 Å². The maximum Gasteiger partial charge on any atom is 0.251 e. The second-order valence-corrected chi connectivity index (χ2v) is 8.95. The fraction of sp³-hybridized carbons (Fsp3) is 0.296. The molecule has 3 aromatic rings. The summed E-state index contributed by atoms with van der Waals surface area (Å²) in [6.45, 7) is 4.16. The summed E-state index contributed by atoms with van der Waals surface area (Å²) in [7, 11) is 0. The molecule has 0 aliphatic carbocycles. The van der Waals surface area contributed by atoms with E-state index in [0.717, 1.165) is 5.69 Å². The Labute approximate surface area is 214 Å². The lowest BCUT2D eigenvalue weighted by Crippen LogP contribution is -2.32. The van der Waals surface area contributed by atoms with Crippen LogP contribution in [0.3, 0.4) is 0 Å². The van der Waals surface area contributed by atoms with Crippen molar-refractivity contribution in [3.8, 4) is 23.2 Å². The van der Waals surface area contributed by atoms with Gasteiger partial charge in [0.25, 0.3) is 5.91 Å². The van der Waals surface area contributed by atoms with Crippen molar-refractivity contribution in [3.63, 3.8) is 0 Å². The van der Waals surface area contributed by atoms with Crippen LogP contribution in [-0.4, -0.2) is 63.6 Å². The molecule has 0 radical (unpaired) electrons. The number of rotatable bonds is 8.